The van der Waals surface area contributed by atoms with E-state index in [1.54, 1.807) is 14.2 Å². The van der Waals surface area contributed by atoms with Crippen molar-refractivity contribution in [1.82, 2.24) is 24.8 Å². The van der Waals surface area contributed by atoms with Crippen LogP contribution in [-0.2, 0) is 19.4 Å². The van der Waals surface area contributed by atoms with Crippen molar-refractivity contribution < 1.29 is 9.47 Å². The molecule has 1 aliphatic rings. The van der Waals surface area contributed by atoms with Gasteiger partial charge in [-0.05, 0) is 55.2 Å². The van der Waals surface area contributed by atoms with Gasteiger partial charge in [-0.15, -0.1) is 10.2 Å². The number of aromatic nitrogens is 3. The molecule has 3 heterocycles. The first-order valence-corrected chi connectivity index (χ1v) is 10.8. The van der Waals surface area contributed by atoms with Crippen molar-refractivity contribution in [3.8, 4) is 11.5 Å². The molecule has 4 rings (SSSR count). The summed E-state index contributed by atoms with van der Waals surface area (Å²) < 4.78 is 13.0. The molecule has 1 aliphatic heterocycles. The Hall–Kier alpha value is -3.29. The summed E-state index contributed by atoms with van der Waals surface area (Å²) in [6, 6.07) is 10.1. The van der Waals surface area contributed by atoms with Crippen molar-refractivity contribution >= 4 is 11.6 Å². The van der Waals surface area contributed by atoms with Gasteiger partial charge in [-0.1, -0.05) is 6.07 Å². The minimum atomic E-state index is 0.735. The highest BCUT2D eigenvalue weighted by Crippen LogP contribution is 2.33. The molecule has 2 aromatic heterocycles. The Morgan fingerprint density at radius 1 is 1.13 bits per heavy atom. The van der Waals surface area contributed by atoms with E-state index in [1.807, 2.05) is 28.8 Å². The molecule has 164 valence electrons. The number of pyridine rings is 1. The molecule has 1 aromatic carbocycles. The van der Waals surface area contributed by atoms with Gasteiger partial charge < -0.3 is 19.7 Å². The van der Waals surface area contributed by atoms with E-state index in [0.29, 0.717) is 0 Å². The summed E-state index contributed by atoms with van der Waals surface area (Å²) in [4.78, 5) is 7.19. The van der Waals surface area contributed by atoms with E-state index in [4.69, 9.17) is 14.5 Å². The highest BCUT2D eigenvalue weighted by molar-refractivity contribution is 5.80. The van der Waals surface area contributed by atoms with Crippen LogP contribution in [0.1, 0.15) is 30.3 Å². The number of hydrogen-bond acceptors (Lipinski definition) is 5. The van der Waals surface area contributed by atoms with Crippen molar-refractivity contribution in [2.24, 2.45) is 4.99 Å². The minimum absolute atomic E-state index is 0.735. The molecule has 0 saturated heterocycles. The molecule has 0 spiro atoms. The second-order valence-corrected chi connectivity index (χ2v) is 7.53. The molecule has 3 aromatic rings. The fraction of sp³-hybridized carbons (Fsp3) is 0.435. The molecule has 0 atom stereocenters. The largest absolute Gasteiger partial charge is 0.493 e. The van der Waals surface area contributed by atoms with Gasteiger partial charge in [-0.2, -0.15) is 0 Å². The third kappa shape index (κ3) is 4.57. The summed E-state index contributed by atoms with van der Waals surface area (Å²) in [5.74, 6) is 3.49. The van der Waals surface area contributed by atoms with Crippen molar-refractivity contribution in [3.63, 3.8) is 0 Å². The molecule has 0 amide bonds. The third-order valence-electron chi connectivity index (χ3n) is 5.56. The molecule has 8 nitrogen and oxygen atoms in total. The van der Waals surface area contributed by atoms with Gasteiger partial charge in [-0.25, -0.2) is 0 Å². The molecule has 0 radical (unpaired) electrons. The number of fused-ring (bicyclic) bond motifs is 2. The van der Waals surface area contributed by atoms with Gasteiger partial charge in [0.1, 0.15) is 5.82 Å². The summed E-state index contributed by atoms with van der Waals surface area (Å²) in [5, 5.41) is 12.0. The summed E-state index contributed by atoms with van der Waals surface area (Å²) >= 11 is 0. The number of aryl methyl sites for hydroxylation is 1. The Morgan fingerprint density at radius 2 is 1.94 bits per heavy atom. The molecule has 0 aliphatic carbocycles. The zero-order valence-corrected chi connectivity index (χ0v) is 18.5. The summed E-state index contributed by atoms with van der Waals surface area (Å²) in [7, 11) is 3.35. The van der Waals surface area contributed by atoms with Gasteiger partial charge >= 0.3 is 0 Å². The SMILES string of the molecule is CCNC(=NCCCc1nnc2ccccn12)N1CCc2cc(OC)c(OC)cc2C1. The maximum absolute atomic E-state index is 5.49. The molecular formula is C23H30N6O2. The van der Waals surface area contributed by atoms with Crippen LogP contribution >= 0.6 is 0 Å². The fourth-order valence-corrected chi connectivity index (χ4v) is 3.97. The first-order chi connectivity index (χ1) is 15.2. The summed E-state index contributed by atoms with van der Waals surface area (Å²) in [6.45, 7) is 5.39. The predicted molar refractivity (Wildman–Crippen MR) is 121 cm³/mol. The molecule has 31 heavy (non-hydrogen) atoms. The number of nitrogens with zero attached hydrogens (tertiary/aromatic N) is 5. The summed E-state index contributed by atoms with van der Waals surface area (Å²) in [5.41, 5.74) is 3.45. The van der Waals surface area contributed by atoms with Crippen LogP contribution in [-0.4, -0.2) is 59.3 Å². The van der Waals surface area contributed by atoms with E-state index in [2.05, 4.69) is 39.5 Å². The zero-order chi connectivity index (χ0) is 21.6. The number of aliphatic imine (C=N–C) groups is 1. The van der Waals surface area contributed by atoms with Crippen LogP contribution in [0, 0.1) is 0 Å². The van der Waals surface area contributed by atoms with Crippen molar-refractivity contribution in [2.45, 2.75) is 32.7 Å². The average Bonchev–Trinajstić information content (AvgIpc) is 3.22. The van der Waals surface area contributed by atoms with Crippen molar-refractivity contribution in [3.05, 3.63) is 53.5 Å². The normalized spacial score (nSPS) is 13.9. The standard InChI is InChI=1S/C23H30N6O2/c1-4-24-23(25-11-7-9-22-27-26-21-8-5-6-12-29(21)22)28-13-10-17-14-19(30-2)20(31-3)15-18(17)16-28/h5-6,8,12,14-15H,4,7,9-11,13,16H2,1-3H3,(H,24,25). The van der Waals surface area contributed by atoms with Crippen molar-refractivity contribution in [2.75, 3.05) is 33.9 Å². The van der Waals surface area contributed by atoms with E-state index >= 15 is 0 Å². The van der Waals surface area contributed by atoms with Crippen LogP contribution in [0.2, 0.25) is 0 Å². The number of hydrogen-bond donors (Lipinski definition) is 1. The number of rotatable bonds is 7. The second kappa shape index (κ2) is 9.68. The first-order valence-electron chi connectivity index (χ1n) is 10.8. The van der Waals surface area contributed by atoms with E-state index in [0.717, 1.165) is 74.4 Å². The molecule has 0 saturated carbocycles. The topological polar surface area (TPSA) is 76.3 Å². The van der Waals surface area contributed by atoms with Gasteiger partial charge in [0.2, 0.25) is 0 Å². The molecule has 0 unspecified atom stereocenters. The third-order valence-corrected chi connectivity index (χ3v) is 5.56. The van der Waals surface area contributed by atoms with Gasteiger partial charge in [0.25, 0.3) is 0 Å². The fourth-order valence-electron chi connectivity index (χ4n) is 3.97. The lowest BCUT2D eigenvalue weighted by Crippen LogP contribution is -2.44. The maximum atomic E-state index is 5.49. The lowest BCUT2D eigenvalue weighted by molar-refractivity contribution is 0.346. The maximum Gasteiger partial charge on any atom is 0.194 e. The summed E-state index contributed by atoms with van der Waals surface area (Å²) in [6.07, 6.45) is 4.71. The minimum Gasteiger partial charge on any atom is -0.493 e. The van der Waals surface area contributed by atoms with Gasteiger partial charge in [0, 0.05) is 38.8 Å². The zero-order valence-electron chi connectivity index (χ0n) is 18.5. The number of benzene rings is 1. The predicted octanol–water partition coefficient (Wildman–Crippen LogP) is 2.70. The Labute approximate surface area is 182 Å². The Kier molecular flexibility index (Phi) is 6.54. The van der Waals surface area contributed by atoms with Crippen LogP contribution in [0.25, 0.3) is 5.65 Å². The van der Waals surface area contributed by atoms with Gasteiger partial charge in [-0.3, -0.25) is 9.39 Å². The number of methoxy groups -OCH3 is 2. The molecular weight excluding hydrogens is 392 g/mol. The van der Waals surface area contributed by atoms with E-state index < -0.39 is 0 Å². The molecule has 0 fully saturated rings. The Bertz CT molecular complexity index is 1060. The van der Waals surface area contributed by atoms with Crippen LogP contribution in [0.3, 0.4) is 0 Å². The van der Waals surface area contributed by atoms with Crippen molar-refractivity contribution in [1.29, 1.82) is 0 Å². The first kappa shape index (κ1) is 21.0. The van der Waals surface area contributed by atoms with Crippen LogP contribution < -0.4 is 14.8 Å². The molecule has 0 bridgehead atoms. The number of ether oxygens (including phenoxy) is 2. The Balaban J connectivity index is 1.42. The van der Waals surface area contributed by atoms with E-state index in [1.165, 1.54) is 11.1 Å². The molecule has 8 heteroatoms. The lowest BCUT2D eigenvalue weighted by Gasteiger charge is -2.32. The van der Waals surface area contributed by atoms with Crippen LogP contribution in [0.5, 0.6) is 11.5 Å². The number of guanidine groups is 1. The van der Waals surface area contributed by atoms with Crippen LogP contribution in [0.4, 0.5) is 0 Å². The molecule has 1 N–H and O–H groups in total. The monoisotopic (exact) mass is 422 g/mol. The highest BCUT2D eigenvalue weighted by Gasteiger charge is 2.21. The smallest absolute Gasteiger partial charge is 0.194 e. The second-order valence-electron chi connectivity index (χ2n) is 7.53. The van der Waals surface area contributed by atoms with Crippen LogP contribution in [0.15, 0.2) is 41.5 Å². The lowest BCUT2D eigenvalue weighted by atomic mass is 9.99. The average molecular weight is 423 g/mol. The quantitative estimate of drug-likeness (QED) is 0.358. The highest BCUT2D eigenvalue weighted by atomic mass is 16.5. The van der Waals surface area contributed by atoms with E-state index in [9.17, 15) is 0 Å². The van der Waals surface area contributed by atoms with Gasteiger partial charge in [0.05, 0.1) is 14.2 Å². The van der Waals surface area contributed by atoms with E-state index in [-0.39, 0.29) is 0 Å². The van der Waals surface area contributed by atoms with Gasteiger partial charge in [0.15, 0.2) is 23.1 Å². The Morgan fingerprint density at radius 3 is 2.71 bits per heavy atom. The number of nitrogens with one attached hydrogen (secondary N) is 1.